The lowest BCUT2D eigenvalue weighted by molar-refractivity contribution is 0.189. The average Bonchev–Trinajstić information content (AvgIpc) is 2.81. The minimum Gasteiger partial charge on any atom is -0.317 e. The Bertz CT molecular complexity index is 710. The fourth-order valence-corrected chi connectivity index (χ4v) is 3.49. The molecule has 0 bridgehead atoms. The van der Waals surface area contributed by atoms with Gasteiger partial charge in [-0.3, -0.25) is 0 Å². The number of carbonyl (C=O) groups excluding carboxylic acids is 1. The zero-order valence-electron chi connectivity index (χ0n) is 14.6. The van der Waals surface area contributed by atoms with Crippen molar-refractivity contribution in [1.29, 1.82) is 0 Å². The third kappa shape index (κ3) is 3.97. The number of rotatable bonds is 2. The summed E-state index contributed by atoms with van der Waals surface area (Å²) in [5, 5.41) is 3.08. The number of hydrogen-bond acceptors (Lipinski definition) is 1. The summed E-state index contributed by atoms with van der Waals surface area (Å²) in [6.45, 7) is 4.96. The average molecular weight is 322 g/mol. The third-order valence-corrected chi connectivity index (χ3v) is 4.71. The first-order chi connectivity index (χ1) is 11.6. The SMILES string of the molecule is Cc1cccc(NC(=O)N2CCCCC[C@@H]2c2cccc(C)c2)c1. The first-order valence-electron chi connectivity index (χ1n) is 8.84. The first-order valence-corrected chi connectivity index (χ1v) is 8.84. The molecule has 3 heteroatoms. The van der Waals surface area contributed by atoms with Crippen LogP contribution in [0.1, 0.15) is 48.4 Å². The molecule has 0 aliphatic carbocycles. The van der Waals surface area contributed by atoms with E-state index < -0.39 is 0 Å². The van der Waals surface area contributed by atoms with E-state index >= 15 is 0 Å². The number of benzene rings is 2. The van der Waals surface area contributed by atoms with Gasteiger partial charge in [-0.25, -0.2) is 4.79 Å². The molecule has 0 spiro atoms. The zero-order valence-corrected chi connectivity index (χ0v) is 14.6. The van der Waals surface area contributed by atoms with Crippen LogP contribution < -0.4 is 5.32 Å². The second-order valence-corrected chi connectivity index (χ2v) is 6.77. The number of nitrogens with one attached hydrogen (secondary N) is 1. The lowest BCUT2D eigenvalue weighted by Crippen LogP contribution is -2.38. The molecule has 3 rings (SSSR count). The molecule has 1 aliphatic rings. The van der Waals surface area contributed by atoms with Gasteiger partial charge in [0, 0.05) is 12.2 Å². The van der Waals surface area contributed by atoms with Crippen molar-refractivity contribution >= 4 is 11.7 Å². The number of aryl methyl sites for hydroxylation is 2. The number of nitrogens with zero attached hydrogens (tertiary/aromatic N) is 1. The second-order valence-electron chi connectivity index (χ2n) is 6.77. The Kier molecular flexibility index (Phi) is 5.19. The highest BCUT2D eigenvalue weighted by Crippen LogP contribution is 2.31. The molecule has 3 nitrogen and oxygen atoms in total. The summed E-state index contributed by atoms with van der Waals surface area (Å²) in [6, 6.07) is 16.7. The Balaban J connectivity index is 1.82. The van der Waals surface area contributed by atoms with Crippen LogP contribution in [0, 0.1) is 13.8 Å². The molecule has 2 amide bonds. The Hall–Kier alpha value is -2.29. The van der Waals surface area contributed by atoms with Crippen LogP contribution in [0.3, 0.4) is 0 Å². The Morgan fingerprint density at radius 3 is 2.50 bits per heavy atom. The second kappa shape index (κ2) is 7.52. The molecular formula is C21H26N2O. The van der Waals surface area contributed by atoms with Crippen LogP contribution in [0.2, 0.25) is 0 Å². The van der Waals surface area contributed by atoms with Gasteiger partial charge in [-0.2, -0.15) is 0 Å². The van der Waals surface area contributed by atoms with Gasteiger partial charge >= 0.3 is 6.03 Å². The minimum absolute atomic E-state index is 0.00834. The standard InChI is InChI=1S/C21H26N2O/c1-16-8-6-10-18(14-16)20-12-4-3-5-13-23(20)21(24)22-19-11-7-9-17(2)15-19/h6-11,14-15,20H,3-5,12-13H2,1-2H3,(H,22,24)/t20-/m1/s1. The molecule has 1 fully saturated rings. The Labute approximate surface area is 144 Å². The van der Waals surface area contributed by atoms with Gasteiger partial charge in [0.2, 0.25) is 0 Å². The van der Waals surface area contributed by atoms with Gasteiger partial charge in [0.1, 0.15) is 0 Å². The van der Waals surface area contributed by atoms with Gasteiger partial charge in [-0.1, -0.05) is 54.8 Å². The van der Waals surface area contributed by atoms with Crippen molar-refractivity contribution < 1.29 is 4.79 Å². The third-order valence-electron chi connectivity index (χ3n) is 4.71. The molecular weight excluding hydrogens is 296 g/mol. The molecule has 24 heavy (non-hydrogen) atoms. The fraction of sp³-hybridized carbons (Fsp3) is 0.381. The largest absolute Gasteiger partial charge is 0.322 e. The lowest BCUT2D eigenvalue weighted by atomic mass is 9.99. The van der Waals surface area contributed by atoms with Crippen molar-refractivity contribution in [3.05, 3.63) is 65.2 Å². The van der Waals surface area contributed by atoms with Gasteiger partial charge in [-0.15, -0.1) is 0 Å². The van der Waals surface area contributed by atoms with Crippen LogP contribution in [0.25, 0.3) is 0 Å². The minimum atomic E-state index is 0.00834. The number of carbonyl (C=O) groups is 1. The van der Waals surface area contributed by atoms with Crippen molar-refractivity contribution in [2.24, 2.45) is 0 Å². The van der Waals surface area contributed by atoms with E-state index in [2.05, 4.69) is 36.5 Å². The van der Waals surface area contributed by atoms with Crippen molar-refractivity contribution in [1.82, 2.24) is 4.90 Å². The topological polar surface area (TPSA) is 32.3 Å². The predicted molar refractivity (Wildman–Crippen MR) is 99.3 cm³/mol. The number of urea groups is 1. The van der Waals surface area contributed by atoms with Crippen molar-refractivity contribution in [3.63, 3.8) is 0 Å². The maximum atomic E-state index is 12.9. The van der Waals surface area contributed by atoms with Crippen LogP contribution in [0.15, 0.2) is 48.5 Å². The van der Waals surface area contributed by atoms with E-state index in [-0.39, 0.29) is 12.1 Å². The number of amides is 2. The normalized spacial score (nSPS) is 18.1. The quantitative estimate of drug-likeness (QED) is 0.783. The maximum absolute atomic E-state index is 12.9. The first kappa shape index (κ1) is 16.6. The molecule has 0 saturated carbocycles. The van der Waals surface area contributed by atoms with Crippen molar-refractivity contribution in [2.45, 2.75) is 45.6 Å². The zero-order chi connectivity index (χ0) is 16.9. The number of anilines is 1. The number of likely N-dealkylation sites (tertiary alicyclic amines) is 1. The van der Waals surface area contributed by atoms with E-state index in [0.717, 1.165) is 30.6 Å². The summed E-state index contributed by atoms with van der Waals surface area (Å²) in [5.41, 5.74) is 4.51. The molecule has 1 saturated heterocycles. The fourth-order valence-electron chi connectivity index (χ4n) is 3.49. The predicted octanol–water partition coefficient (Wildman–Crippen LogP) is 5.45. The molecule has 1 atom stereocenters. The molecule has 0 unspecified atom stereocenters. The van der Waals surface area contributed by atoms with Crippen LogP contribution >= 0.6 is 0 Å². The molecule has 2 aromatic carbocycles. The smallest absolute Gasteiger partial charge is 0.317 e. The van der Waals surface area contributed by atoms with Gasteiger partial charge in [-0.05, 0) is 49.9 Å². The van der Waals surface area contributed by atoms with Crippen LogP contribution in [-0.2, 0) is 0 Å². The van der Waals surface area contributed by atoms with Gasteiger partial charge < -0.3 is 10.2 Å². The van der Waals surface area contributed by atoms with Gasteiger partial charge in [0.15, 0.2) is 0 Å². The number of hydrogen-bond donors (Lipinski definition) is 1. The maximum Gasteiger partial charge on any atom is 0.322 e. The summed E-state index contributed by atoms with van der Waals surface area (Å²) >= 11 is 0. The van der Waals surface area contributed by atoms with E-state index in [0.29, 0.717) is 0 Å². The molecule has 0 aromatic heterocycles. The van der Waals surface area contributed by atoms with Gasteiger partial charge in [0.05, 0.1) is 6.04 Å². The van der Waals surface area contributed by atoms with E-state index in [1.807, 2.05) is 36.1 Å². The van der Waals surface area contributed by atoms with Crippen molar-refractivity contribution in [2.75, 3.05) is 11.9 Å². The summed E-state index contributed by atoms with van der Waals surface area (Å²) < 4.78 is 0. The summed E-state index contributed by atoms with van der Waals surface area (Å²) in [6.07, 6.45) is 4.47. The molecule has 1 aliphatic heterocycles. The van der Waals surface area contributed by atoms with Crippen LogP contribution in [0.5, 0.6) is 0 Å². The van der Waals surface area contributed by atoms with E-state index in [1.165, 1.54) is 24.0 Å². The summed E-state index contributed by atoms with van der Waals surface area (Å²) in [5.74, 6) is 0. The lowest BCUT2D eigenvalue weighted by Gasteiger charge is -2.31. The highest BCUT2D eigenvalue weighted by atomic mass is 16.2. The molecule has 126 valence electrons. The highest BCUT2D eigenvalue weighted by Gasteiger charge is 2.26. The van der Waals surface area contributed by atoms with Crippen molar-refractivity contribution in [3.8, 4) is 0 Å². The molecule has 2 aromatic rings. The Morgan fingerprint density at radius 2 is 1.75 bits per heavy atom. The highest BCUT2D eigenvalue weighted by molar-refractivity contribution is 5.89. The molecule has 1 N–H and O–H groups in total. The molecule has 0 radical (unpaired) electrons. The van der Waals surface area contributed by atoms with E-state index in [4.69, 9.17) is 0 Å². The summed E-state index contributed by atoms with van der Waals surface area (Å²) in [7, 11) is 0. The van der Waals surface area contributed by atoms with Crippen LogP contribution in [-0.4, -0.2) is 17.5 Å². The van der Waals surface area contributed by atoms with E-state index in [1.54, 1.807) is 0 Å². The van der Waals surface area contributed by atoms with Crippen LogP contribution in [0.4, 0.5) is 10.5 Å². The van der Waals surface area contributed by atoms with E-state index in [9.17, 15) is 4.79 Å². The van der Waals surface area contributed by atoms with Gasteiger partial charge in [0.25, 0.3) is 0 Å². The summed E-state index contributed by atoms with van der Waals surface area (Å²) in [4.78, 5) is 14.9. The molecule has 1 heterocycles. The monoisotopic (exact) mass is 322 g/mol. The Morgan fingerprint density at radius 1 is 1.00 bits per heavy atom.